The molecule has 0 saturated carbocycles. The maximum atomic E-state index is 11.5. The number of phenols is 1. The first kappa shape index (κ1) is 19.0. The van der Waals surface area contributed by atoms with E-state index in [-0.39, 0.29) is 5.75 Å². The summed E-state index contributed by atoms with van der Waals surface area (Å²) in [5.41, 5.74) is 4.65. The van der Waals surface area contributed by atoms with Gasteiger partial charge < -0.3 is 9.84 Å². The number of benzene rings is 5. The topological polar surface area (TPSA) is 29.5 Å². The lowest BCUT2D eigenvalue weighted by molar-refractivity contribution is 0.476. The molecule has 5 rings (SSSR count). The molecule has 1 N–H and O–H groups in total. The SMILES string of the molecule is Cc1cccc2c(O)c(-c3ccccc3)c(-c3ccccc3)c(Oc3ccccc3)c12. The fourth-order valence-corrected chi connectivity index (χ4v) is 4.13. The van der Waals surface area contributed by atoms with Crippen molar-refractivity contribution < 1.29 is 9.84 Å². The molecule has 0 aromatic heterocycles. The van der Waals surface area contributed by atoms with Gasteiger partial charge >= 0.3 is 0 Å². The zero-order valence-electron chi connectivity index (χ0n) is 17.2. The Morgan fingerprint density at radius 2 is 1.13 bits per heavy atom. The normalized spacial score (nSPS) is 10.9. The lowest BCUT2D eigenvalue weighted by Crippen LogP contribution is -1.96. The summed E-state index contributed by atoms with van der Waals surface area (Å²) in [6, 6.07) is 35.9. The van der Waals surface area contributed by atoms with Crippen LogP contribution in [0.3, 0.4) is 0 Å². The molecule has 0 radical (unpaired) electrons. The maximum Gasteiger partial charge on any atom is 0.144 e. The molecule has 0 atom stereocenters. The first-order valence-corrected chi connectivity index (χ1v) is 10.4. The molecule has 0 aliphatic heterocycles. The van der Waals surface area contributed by atoms with Gasteiger partial charge in [-0.25, -0.2) is 0 Å². The van der Waals surface area contributed by atoms with Crippen molar-refractivity contribution in [3.05, 3.63) is 115 Å². The highest BCUT2D eigenvalue weighted by Gasteiger charge is 2.24. The monoisotopic (exact) mass is 402 g/mol. The van der Waals surface area contributed by atoms with Crippen molar-refractivity contribution in [1.29, 1.82) is 0 Å². The zero-order chi connectivity index (χ0) is 21.2. The number of ether oxygens (including phenoxy) is 1. The van der Waals surface area contributed by atoms with Gasteiger partial charge in [-0.3, -0.25) is 0 Å². The molecule has 0 bridgehead atoms. The Morgan fingerprint density at radius 1 is 0.581 bits per heavy atom. The number of aromatic hydroxyl groups is 1. The van der Waals surface area contributed by atoms with Crippen LogP contribution < -0.4 is 4.74 Å². The molecule has 0 aliphatic carbocycles. The first-order valence-electron chi connectivity index (χ1n) is 10.4. The van der Waals surface area contributed by atoms with Gasteiger partial charge in [-0.2, -0.15) is 0 Å². The Hall–Kier alpha value is -4.04. The lowest BCUT2D eigenvalue weighted by Gasteiger charge is -2.22. The summed E-state index contributed by atoms with van der Waals surface area (Å²) in [5.74, 6) is 1.78. The average Bonchev–Trinajstić information content (AvgIpc) is 2.82. The number of hydrogen-bond donors (Lipinski definition) is 1. The van der Waals surface area contributed by atoms with Gasteiger partial charge in [0.05, 0.1) is 0 Å². The van der Waals surface area contributed by atoms with Crippen LogP contribution in [0, 0.1) is 6.92 Å². The van der Waals surface area contributed by atoms with E-state index in [4.69, 9.17) is 4.74 Å². The summed E-state index contributed by atoms with van der Waals surface area (Å²) in [6.07, 6.45) is 0. The molecule has 0 aliphatic rings. The van der Waals surface area contributed by atoms with Gasteiger partial charge in [0.25, 0.3) is 0 Å². The lowest BCUT2D eigenvalue weighted by atomic mass is 9.88. The molecule has 0 amide bonds. The number of fused-ring (bicyclic) bond motifs is 1. The van der Waals surface area contributed by atoms with E-state index in [2.05, 4.69) is 25.1 Å². The van der Waals surface area contributed by atoms with Gasteiger partial charge in [-0.05, 0) is 35.7 Å². The second-order valence-corrected chi connectivity index (χ2v) is 7.57. The van der Waals surface area contributed by atoms with Crippen LogP contribution in [0.15, 0.2) is 109 Å². The largest absolute Gasteiger partial charge is 0.507 e. The second-order valence-electron chi connectivity index (χ2n) is 7.57. The van der Waals surface area contributed by atoms with Crippen molar-refractivity contribution in [3.63, 3.8) is 0 Å². The highest BCUT2D eigenvalue weighted by Crippen LogP contribution is 2.52. The van der Waals surface area contributed by atoms with Crippen LogP contribution >= 0.6 is 0 Å². The molecular formula is C29H22O2. The second kappa shape index (κ2) is 8.00. The molecule has 5 aromatic carbocycles. The minimum Gasteiger partial charge on any atom is -0.507 e. The third-order valence-electron chi connectivity index (χ3n) is 5.56. The summed E-state index contributed by atoms with van der Waals surface area (Å²) in [7, 11) is 0. The highest BCUT2D eigenvalue weighted by molar-refractivity contribution is 6.09. The smallest absolute Gasteiger partial charge is 0.144 e. The van der Waals surface area contributed by atoms with Crippen LogP contribution in [-0.4, -0.2) is 5.11 Å². The van der Waals surface area contributed by atoms with Gasteiger partial charge in [0.2, 0.25) is 0 Å². The number of hydrogen-bond acceptors (Lipinski definition) is 2. The average molecular weight is 402 g/mol. The van der Waals surface area contributed by atoms with Crippen LogP contribution in [0.5, 0.6) is 17.2 Å². The molecular weight excluding hydrogens is 380 g/mol. The summed E-state index contributed by atoms with van der Waals surface area (Å²) in [5, 5.41) is 13.2. The number of phenolic OH excluding ortho intramolecular Hbond substituents is 1. The van der Waals surface area contributed by atoms with E-state index in [1.807, 2.05) is 91.0 Å². The Balaban J connectivity index is 1.95. The van der Waals surface area contributed by atoms with Crippen molar-refractivity contribution >= 4 is 10.8 Å². The minimum absolute atomic E-state index is 0.268. The van der Waals surface area contributed by atoms with Crippen LogP contribution in [0.2, 0.25) is 0 Å². The standard InChI is InChI=1S/C29H22O2/c1-20-12-11-19-24-25(20)29(31-23-17-9-4-10-18-23)27(22-15-7-3-8-16-22)26(28(24)30)21-13-5-2-6-14-21/h2-19,30H,1H3. The molecule has 0 spiro atoms. The maximum absolute atomic E-state index is 11.5. The van der Waals surface area contributed by atoms with E-state index in [1.54, 1.807) is 0 Å². The van der Waals surface area contributed by atoms with Gasteiger partial charge in [-0.1, -0.05) is 97.1 Å². The third-order valence-corrected chi connectivity index (χ3v) is 5.56. The van der Waals surface area contributed by atoms with Crippen molar-refractivity contribution in [3.8, 4) is 39.5 Å². The number of rotatable bonds is 4. The van der Waals surface area contributed by atoms with E-state index < -0.39 is 0 Å². The van der Waals surface area contributed by atoms with E-state index in [1.165, 1.54) is 0 Å². The molecule has 0 saturated heterocycles. The van der Waals surface area contributed by atoms with Crippen molar-refractivity contribution in [1.82, 2.24) is 0 Å². The molecule has 2 heteroatoms. The molecule has 0 fully saturated rings. The van der Waals surface area contributed by atoms with Gasteiger partial charge in [0.1, 0.15) is 17.2 Å². The summed E-state index contributed by atoms with van der Waals surface area (Å²) >= 11 is 0. The number of aryl methyl sites for hydroxylation is 1. The molecule has 0 unspecified atom stereocenters. The van der Waals surface area contributed by atoms with Gasteiger partial charge in [0.15, 0.2) is 0 Å². The predicted molar refractivity (Wildman–Crippen MR) is 128 cm³/mol. The fraction of sp³-hybridized carbons (Fsp3) is 0.0345. The van der Waals surface area contributed by atoms with Gasteiger partial charge in [0, 0.05) is 21.9 Å². The van der Waals surface area contributed by atoms with Crippen LogP contribution in [-0.2, 0) is 0 Å². The van der Waals surface area contributed by atoms with E-state index in [0.717, 1.165) is 50.1 Å². The van der Waals surface area contributed by atoms with Crippen molar-refractivity contribution in [2.45, 2.75) is 6.92 Å². The van der Waals surface area contributed by atoms with E-state index in [9.17, 15) is 5.11 Å². The molecule has 150 valence electrons. The first-order chi connectivity index (χ1) is 15.2. The van der Waals surface area contributed by atoms with Crippen molar-refractivity contribution in [2.24, 2.45) is 0 Å². The van der Waals surface area contributed by atoms with E-state index in [0.29, 0.717) is 0 Å². The third kappa shape index (κ3) is 3.43. The Morgan fingerprint density at radius 3 is 1.74 bits per heavy atom. The highest BCUT2D eigenvalue weighted by atomic mass is 16.5. The van der Waals surface area contributed by atoms with Crippen LogP contribution in [0.1, 0.15) is 5.56 Å². The van der Waals surface area contributed by atoms with Crippen molar-refractivity contribution in [2.75, 3.05) is 0 Å². The Bertz CT molecular complexity index is 1340. The minimum atomic E-state index is 0.268. The number of para-hydroxylation sites is 1. The molecule has 0 heterocycles. The van der Waals surface area contributed by atoms with Crippen LogP contribution in [0.25, 0.3) is 33.0 Å². The molecule has 31 heavy (non-hydrogen) atoms. The van der Waals surface area contributed by atoms with Gasteiger partial charge in [-0.15, -0.1) is 0 Å². The predicted octanol–water partition coefficient (Wildman–Crippen LogP) is 7.98. The fourth-order valence-electron chi connectivity index (χ4n) is 4.13. The quantitative estimate of drug-likeness (QED) is 0.330. The summed E-state index contributed by atoms with van der Waals surface area (Å²) in [4.78, 5) is 0. The molecule has 5 aromatic rings. The Kier molecular flexibility index (Phi) is 4.89. The van der Waals surface area contributed by atoms with Crippen LogP contribution in [0.4, 0.5) is 0 Å². The van der Waals surface area contributed by atoms with E-state index >= 15 is 0 Å². The molecule has 2 nitrogen and oxygen atoms in total. The summed E-state index contributed by atoms with van der Waals surface area (Å²) < 4.78 is 6.56. The Labute approximate surface area is 182 Å². The summed E-state index contributed by atoms with van der Waals surface area (Å²) in [6.45, 7) is 2.05. The zero-order valence-corrected chi connectivity index (χ0v) is 17.2.